The molecular weight excluding hydrogens is 236 g/mol. The maximum atomic E-state index is 4.12. The van der Waals surface area contributed by atoms with Gasteiger partial charge in [0.2, 0.25) is 0 Å². The van der Waals surface area contributed by atoms with Crippen LogP contribution >= 0.6 is 0 Å². The van der Waals surface area contributed by atoms with Gasteiger partial charge in [0.15, 0.2) is 0 Å². The summed E-state index contributed by atoms with van der Waals surface area (Å²) < 4.78 is 0. The third-order valence-corrected chi connectivity index (χ3v) is 3.91. The van der Waals surface area contributed by atoms with Gasteiger partial charge in [0.05, 0.1) is 6.54 Å². The van der Waals surface area contributed by atoms with Gasteiger partial charge in [-0.3, -0.25) is 5.10 Å². The van der Waals surface area contributed by atoms with Gasteiger partial charge in [-0.25, -0.2) is 4.98 Å². The summed E-state index contributed by atoms with van der Waals surface area (Å²) in [7, 11) is 0. The number of nitrogens with zero attached hydrogens (tertiary/aromatic N) is 2. The first kappa shape index (κ1) is 12.4. The van der Waals surface area contributed by atoms with Crippen LogP contribution in [0.4, 0.5) is 0 Å². The van der Waals surface area contributed by atoms with E-state index in [1.165, 1.54) is 42.4 Å². The average Bonchev–Trinajstić information content (AvgIpc) is 2.97. The Balaban J connectivity index is 1.67. The number of nitrogens with one attached hydrogen (secondary N) is 2. The molecule has 19 heavy (non-hydrogen) atoms. The third kappa shape index (κ3) is 2.84. The van der Waals surface area contributed by atoms with Gasteiger partial charge in [-0.05, 0) is 49.3 Å². The van der Waals surface area contributed by atoms with Crippen LogP contribution in [0.15, 0.2) is 24.5 Å². The van der Waals surface area contributed by atoms with Crippen molar-refractivity contribution in [3.63, 3.8) is 0 Å². The molecule has 2 aromatic rings. The van der Waals surface area contributed by atoms with Crippen molar-refractivity contribution < 1.29 is 0 Å². The number of rotatable bonds is 4. The minimum absolute atomic E-state index is 0.331. The molecule has 1 atom stereocenters. The van der Waals surface area contributed by atoms with Crippen molar-refractivity contribution in [3.8, 4) is 0 Å². The number of aryl methyl sites for hydroxylation is 2. The van der Waals surface area contributed by atoms with Crippen LogP contribution in [0, 0.1) is 0 Å². The molecule has 0 bridgehead atoms. The van der Waals surface area contributed by atoms with Crippen molar-refractivity contribution in [3.05, 3.63) is 47.0 Å². The van der Waals surface area contributed by atoms with Gasteiger partial charge >= 0.3 is 0 Å². The van der Waals surface area contributed by atoms with Crippen LogP contribution in [-0.2, 0) is 19.4 Å². The summed E-state index contributed by atoms with van der Waals surface area (Å²) in [6.45, 7) is 2.92. The van der Waals surface area contributed by atoms with Crippen LogP contribution in [0.25, 0.3) is 0 Å². The van der Waals surface area contributed by atoms with Crippen LogP contribution in [0.1, 0.15) is 48.3 Å². The Morgan fingerprint density at radius 2 is 2.11 bits per heavy atom. The zero-order valence-corrected chi connectivity index (χ0v) is 11.3. The summed E-state index contributed by atoms with van der Waals surface area (Å²) in [6, 6.07) is 7.25. The van der Waals surface area contributed by atoms with Gasteiger partial charge in [0.25, 0.3) is 0 Å². The smallest absolute Gasteiger partial charge is 0.138 e. The molecule has 1 unspecified atom stereocenters. The van der Waals surface area contributed by atoms with Crippen molar-refractivity contribution in [1.82, 2.24) is 20.5 Å². The first-order valence-corrected chi connectivity index (χ1v) is 7.02. The quantitative estimate of drug-likeness (QED) is 0.884. The van der Waals surface area contributed by atoms with Gasteiger partial charge < -0.3 is 5.32 Å². The van der Waals surface area contributed by atoms with Crippen LogP contribution in [0.2, 0.25) is 0 Å². The number of aromatic amines is 1. The van der Waals surface area contributed by atoms with Gasteiger partial charge in [-0.1, -0.05) is 18.2 Å². The predicted octanol–water partition coefficient (Wildman–Crippen LogP) is 2.53. The number of hydrogen-bond acceptors (Lipinski definition) is 3. The largest absolute Gasteiger partial charge is 0.303 e. The summed E-state index contributed by atoms with van der Waals surface area (Å²) >= 11 is 0. The molecule has 1 aliphatic rings. The van der Waals surface area contributed by atoms with Crippen LogP contribution < -0.4 is 5.32 Å². The van der Waals surface area contributed by atoms with Crippen LogP contribution in [0.3, 0.4) is 0 Å². The monoisotopic (exact) mass is 256 g/mol. The lowest BCUT2D eigenvalue weighted by Gasteiger charge is -2.19. The lowest BCUT2D eigenvalue weighted by atomic mass is 9.89. The summed E-state index contributed by atoms with van der Waals surface area (Å²) in [4.78, 5) is 4.12. The molecule has 0 amide bonds. The molecule has 4 heteroatoms. The molecule has 0 radical (unpaired) electrons. The highest BCUT2D eigenvalue weighted by molar-refractivity contribution is 5.35. The Morgan fingerprint density at radius 1 is 1.26 bits per heavy atom. The SMILES string of the molecule is CC(NCc1ncn[nH]1)c1ccc2c(c1)CCCC2. The molecule has 3 rings (SSSR count). The fourth-order valence-corrected chi connectivity index (χ4v) is 2.71. The van der Waals surface area contributed by atoms with Crippen LogP contribution in [-0.4, -0.2) is 15.2 Å². The van der Waals surface area contributed by atoms with E-state index in [9.17, 15) is 0 Å². The summed E-state index contributed by atoms with van der Waals surface area (Å²) in [6.07, 6.45) is 6.69. The Kier molecular flexibility index (Phi) is 3.60. The second kappa shape index (κ2) is 5.53. The normalized spacial score (nSPS) is 16.1. The Morgan fingerprint density at radius 3 is 2.89 bits per heavy atom. The highest BCUT2D eigenvalue weighted by Crippen LogP contribution is 2.24. The summed E-state index contributed by atoms with van der Waals surface area (Å²) in [5, 5.41) is 10.2. The summed E-state index contributed by atoms with van der Waals surface area (Å²) in [5.74, 6) is 0.879. The second-order valence-electron chi connectivity index (χ2n) is 5.27. The number of hydrogen-bond donors (Lipinski definition) is 2. The molecule has 0 saturated heterocycles. The van der Waals surface area contributed by atoms with E-state index in [1.54, 1.807) is 6.33 Å². The standard InChI is InChI=1S/C15H20N4/c1-11(16-9-15-17-10-18-19-15)13-7-6-12-4-2-3-5-14(12)8-13/h6-8,10-11,16H,2-5,9H2,1H3,(H,17,18,19). The van der Waals surface area contributed by atoms with E-state index in [2.05, 4.69) is 45.6 Å². The zero-order valence-electron chi connectivity index (χ0n) is 11.3. The zero-order chi connectivity index (χ0) is 13.1. The molecule has 1 aliphatic carbocycles. The molecular formula is C15H20N4. The average molecular weight is 256 g/mol. The molecule has 4 nitrogen and oxygen atoms in total. The van der Waals surface area contributed by atoms with E-state index in [0.29, 0.717) is 6.04 Å². The predicted molar refractivity (Wildman–Crippen MR) is 74.7 cm³/mol. The third-order valence-electron chi connectivity index (χ3n) is 3.91. The molecule has 100 valence electrons. The fraction of sp³-hybridized carbons (Fsp3) is 0.467. The molecule has 0 fully saturated rings. The molecule has 0 aliphatic heterocycles. The summed E-state index contributed by atoms with van der Waals surface area (Å²) in [5.41, 5.74) is 4.44. The van der Waals surface area contributed by atoms with Gasteiger partial charge in [-0.2, -0.15) is 5.10 Å². The highest BCUT2D eigenvalue weighted by atomic mass is 15.2. The van der Waals surface area contributed by atoms with Crippen molar-refractivity contribution in [2.45, 2.75) is 45.2 Å². The number of aromatic nitrogens is 3. The van der Waals surface area contributed by atoms with E-state index in [0.717, 1.165) is 12.4 Å². The Hall–Kier alpha value is -1.68. The fourth-order valence-electron chi connectivity index (χ4n) is 2.71. The van der Waals surface area contributed by atoms with E-state index in [-0.39, 0.29) is 0 Å². The molecule has 1 aromatic heterocycles. The molecule has 1 aromatic carbocycles. The second-order valence-corrected chi connectivity index (χ2v) is 5.27. The van der Waals surface area contributed by atoms with E-state index in [1.807, 2.05) is 0 Å². The number of fused-ring (bicyclic) bond motifs is 1. The van der Waals surface area contributed by atoms with Gasteiger partial charge in [0.1, 0.15) is 12.2 Å². The Bertz CT molecular complexity index is 533. The lowest BCUT2D eigenvalue weighted by Crippen LogP contribution is -2.19. The molecule has 1 heterocycles. The first-order valence-electron chi connectivity index (χ1n) is 7.02. The maximum absolute atomic E-state index is 4.12. The van der Waals surface area contributed by atoms with Crippen molar-refractivity contribution in [1.29, 1.82) is 0 Å². The van der Waals surface area contributed by atoms with Crippen molar-refractivity contribution >= 4 is 0 Å². The van der Waals surface area contributed by atoms with Gasteiger partial charge in [0, 0.05) is 6.04 Å². The van der Waals surface area contributed by atoms with Crippen molar-refractivity contribution in [2.24, 2.45) is 0 Å². The van der Waals surface area contributed by atoms with E-state index < -0.39 is 0 Å². The highest BCUT2D eigenvalue weighted by Gasteiger charge is 2.12. The Labute approximate surface area is 113 Å². The number of benzene rings is 1. The first-order chi connectivity index (χ1) is 9.33. The van der Waals surface area contributed by atoms with Gasteiger partial charge in [-0.15, -0.1) is 0 Å². The van der Waals surface area contributed by atoms with E-state index >= 15 is 0 Å². The molecule has 0 saturated carbocycles. The molecule has 0 spiro atoms. The minimum Gasteiger partial charge on any atom is -0.303 e. The lowest BCUT2D eigenvalue weighted by molar-refractivity contribution is 0.558. The van der Waals surface area contributed by atoms with Crippen molar-refractivity contribution in [2.75, 3.05) is 0 Å². The maximum Gasteiger partial charge on any atom is 0.138 e. The van der Waals surface area contributed by atoms with Crippen LogP contribution in [0.5, 0.6) is 0 Å². The topological polar surface area (TPSA) is 53.6 Å². The molecule has 2 N–H and O–H groups in total. The van der Waals surface area contributed by atoms with E-state index in [4.69, 9.17) is 0 Å². The number of H-pyrrole nitrogens is 1. The minimum atomic E-state index is 0.331.